The maximum atomic E-state index is 11.8. The van der Waals surface area contributed by atoms with Crippen LogP contribution in [0.2, 0.25) is 0 Å². The largest absolute Gasteiger partial charge is 0.507 e. The van der Waals surface area contributed by atoms with Gasteiger partial charge in [-0.2, -0.15) is 5.10 Å². The summed E-state index contributed by atoms with van der Waals surface area (Å²) < 4.78 is 0.512. The number of nitrogens with zero attached hydrogens (tertiary/aromatic N) is 2. The topological polar surface area (TPSA) is 105 Å². The number of rotatable bonds is 4. The summed E-state index contributed by atoms with van der Waals surface area (Å²) in [6.07, 6.45) is 1.41. The van der Waals surface area contributed by atoms with Gasteiger partial charge in [0.1, 0.15) is 5.75 Å². The van der Waals surface area contributed by atoms with Gasteiger partial charge < -0.3 is 5.11 Å². The molecule has 0 aromatic heterocycles. The molecule has 0 aliphatic heterocycles. The second kappa shape index (κ2) is 6.81. The first-order valence-electron chi connectivity index (χ1n) is 6.04. The number of amides is 1. The Morgan fingerprint density at radius 1 is 1.27 bits per heavy atom. The monoisotopic (exact) mass is 363 g/mol. The maximum absolute atomic E-state index is 11.8. The molecule has 0 saturated carbocycles. The second-order valence-corrected chi connectivity index (χ2v) is 5.07. The Labute approximate surface area is 133 Å². The van der Waals surface area contributed by atoms with Crippen LogP contribution in [0.15, 0.2) is 52.0 Å². The highest BCUT2D eigenvalue weighted by Crippen LogP contribution is 2.23. The van der Waals surface area contributed by atoms with E-state index in [-0.39, 0.29) is 17.0 Å². The van der Waals surface area contributed by atoms with Crippen LogP contribution in [0.4, 0.5) is 5.69 Å². The van der Waals surface area contributed by atoms with Gasteiger partial charge in [-0.3, -0.25) is 14.9 Å². The predicted molar refractivity (Wildman–Crippen MR) is 84.0 cm³/mol. The van der Waals surface area contributed by atoms with E-state index in [0.717, 1.165) is 0 Å². The number of carbonyl (C=O) groups is 1. The quantitative estimate of drug-likeness (QED) is 0.494. The summed E-state index contributed by atoms with van der Waals surface area (Å²) in [6.45, 7) is 0. The normalized spacial score (nSPS) is 10.6. The summed E-state index contributed by atoms with van der Waals surface area (Å²) in [5.74, 6) is -0.379. The van der Waals surface area contributed by atoms with Crippen molar-refractivity contribution < 1.29 is 14.8 Å². The lowest BCUT2D eigenvalue weighted by Gasteiger charge is -2.00. The number of hydrogen-bond donors (Lipinski definition) is 2. The molecule has 2 aromatic rings. The Hall–Kier alpha value is -2.74. The first kappa shape index (κ1) is 15.6. The Kier molecular flexibility index (Phi) is 4.84. The fourth-order valence-electron chi connectivity index (χ4n) is 1.57. The van der Waals surface area contributed by atoms with Crippen molar-refractivity contribution in [1.29, 1.82) is 0 Å². The number of nitrogens with one attached hydrogen (secondary N) is 1. The Morgan fingerprint density at radius 3 is 2.55 bits per heavy atom. The van der Waals surface area contributed by atoms with Gasteiger partial charge in [-0.05, 0) is 51.8 Å². The number of non-ortho nitro benzene ring substituents is 1. The van der Waals surface area contributed by atoms with Crippen LogP contribution < -0.4 is 5.43 Å². The molecular weight excluding hydrogens is 354 g/mol. The molecule has 0 bridgehead atoms. The highest BCUT2D eigenvalue weighted by Gasteiger charge is 2.08. The standard InChI is InChI=1S/C14H10BrN3O4/c15-12-7-9(1-6-13(12)19)8-16-17-14(20)10-2-4-11(5-3-10)18(21)22/h1-8,19H,(H,17,20)/b16-8-. The average molecular weight is 364 g/mol. The Balaban J connectivity index is 2.01. The van der Waals surface area contributed by atoms with Crippen molar-refractivity contribution in [3.05, 3.63) is 68.2 Å². The molecule has 2 aromatic carbocycles. The van der Waals surface area contributed by atoms with E-state index in [1.807, 2.05) is 0 Å². The third kappa shape index (κ3) is 3.89. The highest BCUT2D eigenvalue weighted by molar-refractivity contribution is 9.10. The molecule has 0 fully saturated rings. The number of carbonyl (C=O) groups excluding carboxylic acids is 1. The summed E-state index contributed by atoms with van der Waals surface area (Å²) in [7, 11) is 0. The van der Waals surface area contributed by atoms with E-state index < -0.39 is 10.8 Å². The molecule has 7 nitrogen and oxygen atoms in total. The lowest BCUT2D eigenvalue weighted by atomic mass is 10.2. The third-order valence-electron chi connectivity index (χ3n) is 2.69. The molecule has 0 unspecified atom stereocenters. The molecule has 0 atom stereocenters. The van der Waals surface area contributed by atoms with Crippen molar-refractivity contribution in [3.8, 4) is 5.75 Å². The van der Waals surface area contributed by atoms with Crippen LogP contribution in [0.3, 0.4) is 0 Å². The van der Waals surface area contributed by atoms with E-state index in [2.05, 4.69) is 26.5 Å². The van der Waals surface area contributed by atoms with Gasteiger partial charge in [-0.1, -0.05) is 0 Å². The zero-order valence-corrected chi connectivity index (χ0v) is 12.6. The van der Waals surface area contributed by atoms with Gasteiger partial charge in [0.15, 0.2) is 0 Å². The SMILES string of the molecule is O=C(N/N=C\c1ccc(O)c(Br)c1)c1ccc([N+](=O)[O-])cc1. The molecule has 2 N–H and O–H groups in total. The van der Waals surface area contributed by atoms with Crippen molar-refractivity contribution in [3.63, 3.8) is 0 Å². The highest BCUT2D eigenvalue weighted by atomic mass is 79.9. The van der Waals surface area contributed by atoms with Gasteiger partial charge in [-0.25, -0.2) is 5.43 Å². The number of benzene rings is 2. The van der Waals surface area contributed by atoms with Crippen LogP contribution in [0.5, 0.6) is 5.75 Å². The van der Waals surface area contributed by atoms with Gasteiger partial charge in [0.25, 0.3) is 11.6 Å². The van der Waals surface area contributed by atoms with Crippen molar-refractivity contribution in [2.24, 2.45) is 5.10 Å². The number of hydrazone groups is 1. The van der Waals surface area contributed by atoms with Gasteiger partial charge in [0.2, 0.25) is 0 Å². The van der Waals surface area contributed by atoms with Gasteiger partial charge >= 0.3 is 0 Å². The molecule has 0 heterocycles. The fourth-order valence-corrected chi connectivity index (χ4v) is 1.96. The third-order valence-corrected chi connectivity index (χ3v) is 3.33. The molecule has 0 aliphatic carbocycles. The molecule has 8 heteroatoms. The van der Waals surface area contributed by atoms with Crippen LogP contribution in [0.25, 0.3) is 0 Å². The molecule has 0 aliphatic rings. The minimum absolute atomic E-state index is 0.0889. The first-order chi connectivity index (χ1) is 10.5. The molecule has 22 heavy (non-hydrogen) atoms. The van der Waals surface area contributed by atoms with Crippen LogP contribution in [0.1, 0.15) is 15.9 Å². The smallest absolute Gasteiger partial charge is 0.271 e. The van der Waals surface area contributed by atoms with Crippen molar-refractivity contribution >= 4 is 33.7 Å². The number of phenols is 1. The van der Waals surface area contributed by atoms with E-state index >= 15 is 0 Å². The van der Waals surface area contributed by atoms with Gasteiger partial charge in [0, 0.05) is 17.7 Å². The minimum Gasteiger partial charge on any atom is -0.507 e. The van der Waals surface area contributed by atoms with E-state index in [9.17, 15) is 20.0 Å². The number of aromatic hydroxyl groups is 1. The molecule has 112 valence electrons. The molecular formula is C14H10BrN3O4. The maximum Gasteiger partial charge on any atom is 0.271 e. The fraction of sp³-hybridized carbons (Fsp3) is 0. The average Bonchev–Trinajstić information content (AvgIpc) is 2.51. The van der Waals surface area contributed by atoms with E-state index in [1.54, 1.807) is 12.1 Å². The van der Waals surface area contributed by atoms with Crippen LogP contribution in [0, 0.1) is 10.1 Å². The molecule has 0 radical (unpaired) electrons. The first-order valence-corrected chi connectivity index (χ1v) is 6.83. The summed E-state index contributed by atoms with van der Waals surface area (Å²) in [5, 5.41) is 23.7. The van der Waals surface area contributed by atoms with E-state index in [0.29, 0.717) is 10.0 Å². The van der Waals surface area contributed by atoms with Crippen molar-refractivity contribution in [2.45, 2.75) is 0 Å². The predicted octanol–water partition coefficient (Wildman–Crippen LogP) is 2.83. The van der Waals surface area contributed by atoms with Crippen LogP contribution >= 0.6 is 15.9 Å². The zero-order valence-electron chi connectivity index (χ0n) is 11.1. The second-order valence-electron chi connectivity index (χ2n) is 4.21. The lowest BCUT2D eigenvalue weighted by molar-refractivity contribution is -0.384. The minimum atomic E-state index is -0.539. The summed E-state index contributed by atoms with van der Waals surface area (Å²) in [6, 6.07) is 9.94. The number of nitro groups is 1. The summed E-state index contributed by atoms with van der Waals surface area (Å²) in [4.78, 5) is 21.8. The van der Waals surface area contributed by atoms with E-state index in [1.165, 1.54) is 36.5 Å². The number of halogens is 1. The summed E-state index contributed by atoms with van der Waals surface area (Å²) >= 11 is 3.17. The lowest BCUT2D eigenvalue weighted by Crippen LogP contribution is -2.17. The van der Waals surface area contributed by atoms with Crippen molar-refractivity contribution in [1.82, 2.24) is 5.43 Å². The Morgan fingerprint density at radius 2 is 1.95 bits per heavy atom. The number of hydrogen-bond acceptors (Lipinski definition) is 5. The number of phenolic OH excluding ortho intramolecular Hbond substituents is 1. The molecule has 2 rings (SSSR count). The van der Waals surface area contributed by atoms with Crippen LogP contribution in [-0.2, 0) is 0 Å². The van der Waals surface area contributed by atoms with E-state index in [4.69, 9.17) is 0 Å². The molecule has 1 amide bonds. The van der Waals surface area contributed by atoms with Crippen molar-refractivity contribution in [2.75, 3.05) is 0 Å². The van der Waals surface area contributed by atoms with Gasteiger partial charge in [0.05, 0.1) is 15.6 Å². The van der Waals surface area contributed by atoms with Gasteiger partial charge in [-0.15, -0.1) is 0 Å². The molecule has 0 saturated heterocycles. The zero-order chi connectivity index (χ0) is 16.1. The Bertz CT molecular complexity index is 744. The summed E-state index contributed by atoms with van der Waals surface area (Å²) in [5.41, 5.74) is 3.16. The number of nitro benzene ring substituents is 1. The van der Waals surface area contributed by atoms with Crippen LogP contribution in [-0.4, -0.2) is 22.2 Å². The molecule has 0 spiro atoms.